The monoisotopic (exact) mass is 270 g/mol. The highest BCUT2D eigenvalue weighted by Crippen LogP contribution is 2.24. The number of nitrogens with two attached hydrogens (primary N) is 1. The van der Waals surface area contributed by atoms with Crippen LogP contribution in [0.5, 0.6) is 0 Å². The summed E-state index contributed by atoms with van der Waals surface area (Å²) < 4.78 is 0. The van der Waals surface area contributed by atoms with Crippen molar-refractivity contribution < 1.29 is 0 Å². The number of rotatable bonds is 3. The molecule has 0 aliphatic carbocycles. The summed E-state index contributed by atoms with van der Waals surface area (Å²) in [5.74, 6) is 0. The minimum atomic E-state index is 0.332. The van der Waals surface area contributed by atoms with Gasteiger partial charge in [-0.05, 0) is 24.1 Å². The molecule has 2 nitrogen and oxygen atoms in total. The van der Waals surface area contributed by atoms with Crippen molar-refractivity contribution in [3.05, 3.63) is 46.0 Å². The summed E-state index contributed by atoms with van der Waals surface area (Å²) in [6, 6.07) is 6.12. The Morgan fingerprint density at radius 1 is 1.29 bits per heavy atom. The molecular formula is C13H16Cl2N2. The third-order valence-electron chi connectivity index (χ3n) is 3.02. The molecule has 0 bridgehead atoms. The summed E-state index contributed by atoms with van der Waals surface area (Å²) in [6.07, 6.45) is 5.46. The van der Waals surface area contributed by atoms with Gasteiger partial charge in [-0.25, -0.2) is 0 Å². The summed E-state index contributed by atoms with van der Waals surface area (Å²) in [5.41, 5.74) is 6.94. The molecule has 0 spiro atoms. The van der Waals surface area contributed by atoms with E-state index in [-0.39, 0.29) is 0 Å². The fourth-order valence-corrected chi connectivity index (χ4v) is 2.40. The minimum absolute atomic E-state index is 0.332. The van der Waals surface area contributed by atoms with Gasteiger partial charge in [0, 0.05) is 25.7 Å². The topological polar surface area (TPSA) is 29.3 Å². The van der Waals surface area contributed by atoms with Crippen LogP contribution in [-0.4, -0.2) is 24.0 Å². The molecular weight excluding hydrogens is 255 g/mol. The van der Waals surface area contributed by atoms with Crippen LogP contribution < -0.4 is 5.73 Å². The van der Waals surface area contributed by atoms with E-state index in [1.54, 1.807) is 0 Å². The average molecular weight is 271 g/mol. The molecule has 4 heteroatoms. The van der Waals surface area contributed by atoms with Crippen molar-refractivity contribution in [2.24, 2.45) is 5.73 Å². The molecule has 2 rings (SSSR count). The largest absolute Gasteiger partial charge is 0.329 e. The van der Waals surface area contributed by atoms with Gasteiger partial charge in [0.05, 0.1) is 10.0 Å². The van der Waals surface area contributed by atoms with E-state index in [9.17, 15) is 0 Å². The lowest BCUT2D eigenvalue weighted by atomic mass is 10.1. The SMILES string of the molecule is NCC1C=CCCN1Cc1ccc(Cl)c(Cl)c1. The zero-order valence-electron chi connectivity index (χ0n) is 9.57. The van der Waals surface area contributed by atoms with Gasteiger partial charge in [0.2, 0.25) is 0 Å². The molecule has 17 heavy (non-hydrogen) atoms. The lowest BCUT2D eigenvalue weighted by Crippen LogP contribution is -2.41. The molecule has 2 N–H and O–H groups in total. The van der Waals surface area contributed by atoms with Gasteiger partial charge in [-0.3, -0.25) is 4.90 Å². The first-order valence-electron chi connectivity index (χ1n) is 5.75. The fourth-order valence-electron chi connectivity index (χ4n) is 2.08. The Hall–Kier alpha value is -0.540. The predicted octanol–water partition coefficient (Wildman–Crippen LogP) is 3.08. The van der Waals surface area contributed by atoms with E-state index >= 15 is 0 Å². The summed E-state index contributed by atoms with van der Waals surface area (Å²) in [5, 5.41) is 1.21. The van der Waals surface area contributed by atoms with Gasteiger partial charge in [-0.1, -0.05) is 41.4 Å². The molecule has 1 atom stereocenters. The van der Waals surface area contributed by atoms with Crippen LogP contribution in [-0.2, 0) is 6.54 Å². The lowest BCUT2D eigenvalue weighted by Gasteiger charge is -2.31. The van der Waals surface area contributed by atoms with Crippen LogP contribution in [0, 0.1) is 0 Å². The predicted molar refractivity (Wildman–Crippen MR) is 73.5 cm³/mol. The van der Waals surface area contributed by atoms with Gasteiger partial charge < -0.3 is 5.73 Å². The standard InChI is InChI=1S/C13H16Cl2N2/c14-12-5-4-10(7-13(12)15)9-17-6-2-1-3-11(17)8-16/h1,3-5,7,11H,2,6,8-9,16H2. The molecule has 0 amide bonds. The summed E-state index contributed by atoms with van der Waals surface area (Å²) >= 11 is 11.9. The van der Waals surface area contributed by atoms with E-state index in [0.29, 0.717) is 22.6 Å². The third-order valence-corrected chi connectivity index (χ3v) is 3.76. The summed E-state index contributed by atoms with van der Waals surface area (Å²) in [7, 11) is 0. The van der Waals surface area contributed by atoms with E-state index < -0.39 is 0 Å². The smallest absolute Gasteiger partial charge is 0.0595 e. The summed E-state index contributed by atoms with van der Waals surface area (Å²) in [6.45, 7) is 2.56. The van der Waals surface area contributed by atoms with Crippen LogP contribution in [0.25, 0.3) is 0 Å². The summed E-state index contributed by atoms with van der Waals surface area (Å²) in [4.78, 5) is 2.36. The molecule has 0 radical (unpaired) electrons. The second-order valence-corrected chi connectivity index (χ2v) is 5.05. The maximum absolute atomic E-state index is 6.01. The van der Waals surface area contributed by atoms with Gasteiger partial charge in [-0.15, -0.1) is 0 Å². The normalized spacial score (nSPS) is 20.8. The van der Waals surface area contributed by atoms with Gasteiger partial charge >= 0.3 is 0 Å². The molecule has 1 aromatic carbocycles. The van der Waals surface area contributed by atoms with Crippen molar-refractivity contribution in [2.75, 3.05) is 13.1 Å². The molecule has 1 aliphatic heterocycles. The zero-order chi connectivity index (χ0) is 12.3. The van der Waals surface area contributed by atoms with Crippen LogP contribution in [0.1, 0.15) is 12.0 Å². The number of halogens is 2. The molecule has 1 heterocycles. The maximum atomic E-state index is 6.01. The van der Waals surface area contributed by atoms with Crippen molar-refractivity contribution >= 4 is 23.2 Å². The Bertz CT molecular complexity index is 418. The molecule has 1 aliphatic rings. The second-order valence-electron chi connectivity index (χ2n) is 4.24. The van der Waals surface area contributed by atoms with Crippen molar-refractivity contribution in [1.29, 1.82) is 0 Å². The lowest BCUT2D eigenvalue weighted by molar-refractivity contribution is 0.218. The zero-order valence-corrected chi connectivity index (χ0v) is 11.1. The first-order valence-corrected chi connectivity index (χ1v) is 6.51. The number of hydrogen-bond acceptors (Lipinski definition) is 2. The van der Waals surface area contributed by atoms with Crippen molar-refractivity contribution in [2.45, 2.75) is 19.0 Å². The second kappa shape index (κ2) is 5.87. The van der Waals surface area contributed by atoms with Crippen LogP contribution in [0.15, 0.2) is 30.4 Å². The van der Waals surface area contributed by atoms with E-state index in [0.717, 1.165) is 19.5 Å². The Morgan fingerprint density at radius 3 is 2.82 bits per heavy atom. The molecule has 0 saturated carbocycles. The molecule has 0 saturated heterocycles. The van der Waals surface area contributed by atoms with Gasteiger partial charge in [0.1, 0.15) is 0 Å². The first kappa shape index (κ1) is 12.9. The van der Waals surface area contributed by atoms with E-state index in [1.807, 2.05) is 18.2 Å². The van der Waals surface area contributed by atoms with Gasteiger partial charge in [-0.2, -0.15) is 0 Å². The van der Waals surface area contributed by atoms with Gasteiger partial charge in [0.15, 0.2) is 0 Å². The Balaban J connectivity index is 2.09. The van der Waals surface area contributed by atoms with E-state index in [1.165, 1.54) is 5.56 Å². The highest BCUT2D eigenvalue weighted by atomic mass is 35.5. The van der Waals surface area contributed by atoms with Crippen molar-refractivity contribution in [3.63, 3.8) is 0 Å². The number of hydrogen-bond donors (Lipinski definition) is 1. The van der Waals surface area contributed by atoms with Crippen LogP contribution in [0.2, 0.25) is 10.0 Å². The Kier molecular flexibility index (Phi) is 4.46. The van der Waals surface area contributed by atoms with Gasteiger partial charge in [0.25, 0.3) is 0 Å². The highest BCUT2D eigenvalue weighted by Gasteiger charge is 2.17. The minimum Gasteiger partial charge on any atom is -0.329 e. The van der Waals surface area contributed by atoms with Crippen LogP contribution >= 0.6 is 23.2 Å². The highest BCUT2D eigenvalue weighted by molar-refractivity contribution is 6.42. The number of nitrogens with zero attached hydrogens (tertiary/aromatic N) is 1. The van der Waals surface area contributed by atoms with E-state index in [2.05, 4.69) is 17.1 Å². The van der Waals surface area contributed by atoms with Crippen LogP contribution in [0.3, 0.4) is 0 Å². The Labute approximate surface area is 112 Å². The number of benzene rings is 1. The molecule has 0 fully saturated rings. The fraction of sp³-hybridized carbons (Fsp3) is 0.385. The Morgan fingerprint density at radius 2 is 2.12 bits per heavy atom. The van der Waals surface area contributed by atoms with E-state index in [4.69, 9.17) is 28.9 Å². The maximum Gasteiger partial charge on any atom is 0.0595 e. The first-order chi connectivity index (χ1) is 8.20. The molecule has 0 aromatic heterocycles. The quantitative estimate of drug-likeness (QED) is 0.856. The molecule has 1 unspecified atom stereocenters. The van der Waals surface area contributed by atoms with Crippen molar-refractivity contribution in [3.8, 4) is 0 Å². The van der Waals surface area contributed by atoms with Crippen LogP contribution in [0.4, 0.5) is 0 Å². The average Bonchev–Trinajstić information content (AvgIpc) is 2.34. The molecule has 1 aromatic rings. The van der Waals surface area contributed by atoms with Crippen molar-refractivity contribution in [1.82, 2.24) is 4.90 Å². The third kappa shape index (κ3) is 3.23. The molecule has 92 valence electrons.